The van der Waals surface area contributed by atoms with Gasteiger partial charge in [-0.1, -0.05) is 32.0 Å². The highest BCUT2D eigenvalue weighted by Gasteiger charge is 2.05. The molecule has 0 aliphatic carbocycles. The quantitative estimate of drug-likeness (QED) is 0.683. The summed E-state index contributed by atoms with van der Waals surface area (Å²) in [4.78, 5) is 11.8. The Bertz CT molecular complexity index is 405. The van der Waals surface area contributed by atoms with Gasteiger partial charge in [-0.25, -0.2) is 0 Å². The van der Waals surface area contributed by atoms with Crippen molar-refractivity contribution in [3.05, 3.63) is 29.8 Å². The Balaban J connectivity index is 2.20. The SMILES string of the molecule is CC(C)CCOCCCC(=O)Nc1ccccc1CN. The molecule has 0 bridgehead atoms. The molecule has 0 fully saturated rings. The molecule has 0 aromatic heterocycles. The molecule has 4 nitrogen and oxygen atoms in total. The van der Waals surface area contributed by atoms with Gasteiger partial charge in [-0.05, 0) is 30.4 Å². The minimum Gasteiger partial charge on any atom is -0.381 e. The first kappa shape index (κ1) is 16.7. The van der Waals surface area contributed by atoms with E-state index in [0.717, 1.165) is 30.7 Å². The van der Waals surface area contributed by atoms with E-state index in [0.29, 0.717) is 25.5 Å². The van der Waals surface area contributed by atoms with E-state index in [1.54, 1.807) is 0 Å². The number of benzene rings is 1. The Labute approximate surface area is 121 Å². The van der Waals surface area contributed by atoms with Crippen LogP contribution in [-0.4, -0.2) is 19.1 Å². The highest BCUT2D eigenvalue weighted by atomic mass is 16.5. The molecular weight excluding hydrogens is 252 g/mol. The van der Waals surface area contributed by atoms with Gasteiger partial charge in [-0.15, -0.1) is 0 Å². The summed E-state index contributed by atoms with van der Waals surface area (Å²) in [6, 6.07) is 7.61. The zero-order valence-corrected chi connectivity index (χ0v) is 12.5. The Hall–Kier alpha value is -1.39. The van der Waals surface area contributed by atoms with E-state index in [4.69, 9.17) is 10.5 Å². The van der Waals surface area contributed by atoms with Crippen molar-refractivity contribution >= 4 is 11.6 Å². The van der Waals surface area contributed by atoms with Crippen molar-refractivity contribution < 1.29 is 9.53 Å². The third kappa shape index (κ3) is 6.68. The number of carbonyl (C=O) groups excluding carboxylic acids is 1. The third-order valence-electron chi connectivity index (χ3n) is 3.04. The van der Waals surface area contributed by atoms with Gasteiger partial charge in [-0.2, -0.15) is 0 Å². The van der Waals surface area contributed by atoms with Gasteiger partial charge < -0.3 is 15.8 Å². The van der Waals surface area contributed by atoms with E-state index in [1.807, 2.05) is 24.3 Å². The summed E-state index contributed by atoms with van der Waals surface area (Å²) in [7, 11) is 0. The highest BCUT2D eigenvalue weighted by molar-refractivity contribution is 5.91. The monoisotopic (exact) mass is 278 g/mol. The van der Waals surface area contributed by atoms with Gasteiger partial charge in [-0.3, -0.25) is 4.79 Å². The Kier molecular flexibility index (Phi) is 7.92. The lowest BCUT2D eigenvalue weighted by atomic mass is 10.1. The van der Waals surface area contributed by atoms with Crippen molar-refractivity contribution in [1.82, 2.24) is 0 Å². The highest BCUT2D eigenvalue weighted by Crippen LogP contribution is 2.14. The Morgan fingerprint density at radius 3 is 2.75 bits per heavy atom. The van der Waals surface area contributed by atoms with E-state index >= 15 is 0 Å². The molecule has 3 N–H and O–H groups in total. The summed E-state index contributed by atoms with van der Waals surface area (Å²) in [5, 5.41) is 2.90. The number of ether oxygens (including phenoxy) is 1. The summed E-state index contributed by atoms with van der Waals surface area (Å²) in [5.74, 6) is 0.671. The number of hydrogen-bond donors (Lipinski definition) is 2. The molecule has 1 aromatic carbocycles. The Morgan fingerprint density at radius 1 is 1.30 bits per heavy atom. The fourth-order valence-corrected chi connectivity index (χ4v) is 1.79. The largest absolute Gasteiger partial charge is 0.381 e. The zero-order valence-electron chi connectivity index (χ0n) is 12.5. The maximum absolute atomic E-state index is 11.8. The molecule has 0 saturated carbocycles. The van der Waals surface area contributed by atoms with Crippen molar-refractivity contribution in [2.75, 3.05) is 18.5 Å². The fraction of sp³-hybridized carbons (Fsp3) is 0.562. The second-order valence-corrected chi connectivity index (χ2v) is 5.31. The number of rotatable bonds is 9. The topological polar surface area (TPSA) is 64.3 Å². The molecule has 0 atom stereocenters. The van der Waals surface area contributed by atoms with E-state index in [1.165, 1.54) is 0 Å². The van der Waals surface area contributed by atoms with Crippen molar-refractivity contribution in [2.24, 2.45) is 11.7 Å². The second-order valence-electron chi connectivity index (χ2n) is 5.31. The first-order valence-electron chi connectivity index (χ1n) is 7.29. The van der Waals surface area contributed by atoms with Crippen LogP contribution < -0.4 is 11.1 Å². The van der Waals surface area contributed by atoms with Crippen LogP contribution in [0.3, 0.4) is 0 Å². The van der Waals surface area contributed by atoms with Crippen LogP contribution in [0.4, 0.5) is 5.69 Å². The van der Waals surface area contributed by atoms with Crippen molar-refractivity contribution in [1.29, 1.82) is 0 Å². The number of nitrogens with two attached hydrogens (primary N) is 1. The van der Waals surface area contributed by atoms with Gasteiger partial charge in [0, 0.05) is 31.9 Å². The van der Waals surface area contributed by atoms with E-state index in [9.17, 15) is 4.79 Å². The van der Waals surface area contributed by atoms with Crippen LogP contribution >= 0.6 is 0 Å². The summed E-state index contributed by atoms with van der Waals surface area (Å²) in [6.45, 7) is 6.18. The first-order valence-corrected chi connectivity index (χ1v) is 7.29. The normalized spacial score (nSPS) is 10.8. The van der Waals surface area contributed by atoms with Crippen molar-refractivity contribution in [3.63, 3.8) is 0 Å². The molecule has 0 radical (unpaired) electrons. The van der Waals surface area contributed by atoms with Gasteiger partial charge in [0.1, 0.15) is 0 Å². The van der Waals surface area contributed by atoms with Gasteiger partial charge in [0.2, 0.25) is 5.91 Å². The Morgan fingerprint density at radius 2 is 2.05 bits per heavy atom. The summed E-state index contributed by atoms with van der Waals surface area (Å²) >= 11 is 0. The molecule has 0 aliphatic heterocycles. The van der Waals surface area contributed by atoms with E-state index in [2.05, 4.69) is 19.2 Å². The number of anilines is 1. The maximum Gasteiger partial charge on any atom is 0.224 e. The molecule has 20 heavy (non-hydrogen) atoms. The summed E-state index contributed by atoms with van der Waals surface area (Å²) < 4.78 is 5.49. The van der Waals surface area contributed by atoms with Crippen LogP contribution in [0.2, 0.25) is 0 Å². The molecule has 0 unspecified atom stereocenters. The van der Waals surface area contributed by atoms with Crippen LogP contribution in [0.15, 0.2) is 24.3 Å². The molecule has 1 rings (SSSR count). The molecule has 1 aromatic rings. The second kappa shape index (κ2) is 9.50. The van der Waals surface area contributed by atoms with Gasteiger partial charge >= 0.3 is 0 Å². The molecule has 112 valence electrons. The van der Waals surface area contributed by atoms with Crippen LogP contribution in [0, 0.1) is 5.92 Å². The zero-order chi connectivity index (χ0) is 14.8. The van der Waals surface area contributed by atoms with E-state index < -0.39 is 0 Å². The average molecular weight is 278 g/mol. The minimum atomic E-state index is 0.0124. The maximum atomic E-state index is 11.8. The number of carbonyl (C=O) groups is 1. The minimum absolute atomic E-state index is 0.0124. The molecular formula is C16H26N2O2. The fourth-order valence-electron chi connectivity index (χ4n) is 1.79. The molecule has 1 amide bonds. The predicted molar refractivity (Wildman–Crippen MR) is 82.5 cm³/mol. The van der Waals surface area contributed by atoms with Gasteiger partial charge in [0.15, 0.2) is 0 Å². The van der Waals surface area contributed by atoms with Crippen LogP contribution in [0.5, 0.6) is 0 Å². The van der Waals surface area contributed by atoms with E-state index in [-0.39, 0.29) is 5.91 Å². The van der Waals surface area contributed by atoms with Crippen LogP contribution in [0.1, 0.15) is 38.7 Å². The summed E-state index contributed by atoms with van der Waals surface area (Å²) in [5.41, 5.74) is 7.39. The lowest BCUT2D eigenvalue weighted by Gasteiger charge is -2.10. The van der Waals surface area contributed by atoms with Crippen molar-refractivity contribution in [3.8, 4) is 0 Å². The number of amides is 1. The lowest BCUT2D eigenvalue weighted by Crippen LogP contribution is -2.14. The molecule has 0 spiro atoms. The number of nitrogens with one attached hydrogen (secondary N) is 1. The smallest absolute Gasteiger partial charge is 0.224 e. The molecule has 0 saturated heterocycles. The van der Waals surface area contributed by atoms with Crippen LogP contribution in [-0.2, 0) is 16.1 Å². The van der Waals surface area contributed by atoms with Gasteiger partial charge in [0.05, 0.1) is 0 Å². The molecule has 0 heterocycles. The lowest BCUT2D eigenvalue weighted by molar-refractivity contribution is -0.116. The number of hydrogen-bond acceptors (Lipinski definition) is 3. The third-order valence-corrected chi connectivity index (χ3v) is 3.04. The molecule has 4 heteroatoms. The summed E-state index contributed by atoms with van der Waals surface area (Å²) in [6.07, 6.45) is 2.28. The van der Waals surface area contributed by atoms with Crippen LogP contribution in [0.25, 0.3) is 0 Å². The average Bonchev–Trinajstić information content (AvgIpc) is 2.43. The predicted octanol–water partition coefficient (Wildman–Crippen LogP) is 2.93. The van der Waals surface area contributed by atoms with Gasteiger partial charge in [0.25, 0.3) is 0 Å². The number of para-hydroxylation sites is 1. The molecule has 0 aliphatic rings. The standard InChI is InChI=1S/C16H26N2O2/c1-13(2)9-11-20-10-5-8-16(19)18-15-7-4-3-6-14(15)12-17/h3-4,6-7,13H,5,8-12,17H2,1-2H3,(H,18,19). The first-order chi connectivity index (χ1) is 9.63. The van der Waals surface area contributed by atoms with Crippen molar-refractivity contribution in [2.45, 2.75) is 39.7 Å².